The minimum Gasteiger partial charge on any atom is -0.480 e. The lowest BCUT2D eigenvalue weighted by Gasteiger charge is -2.19. The Morgan fingerprint density at radius 2 is 1.88 bits per heavy atom. The van der Waals surface area contributed by atoms with E-state index in [2.05, 4.69) is 11.4 Å². The lowest BCUT2D eigenvalue weighted by atomic mass is 10.1. The van der Waals surface area contributed by atoms with Crippen LogP contribution in [-0.2, 0) is 11.2 Å². The van der Waals surface area contributed by atoms with Crippen molar-refractivity contribution >= 4 is 17.5 Å². The Kier molecular flexibility index (Phi) is 7.32. The Morgan fingerprint density at radius 1 is 1.16 bits per heavy atom. The summed E-state index contributed by atoms with van der Waals surface area (Å²) in [6.45, 7) is 6.64. The number of benzene rings is 2. The summed E-state index contributed by atoms with van der Waals surface area (Å²) in [7, 11) is 0. The zero-order valence-corrected chi connectivity index (χ0v) is 15.9. The molecule has 0 bridgehead atoms. The molecule has 2 rings (SSSR count). The molecule has 134 valence electrons. The van der Waals surface area contributed by atoms with Crippen molar-refractivity contribution in [2.24, 2.45) is 0 Å². The fourth-order valence-electron chi connectivity index (χ4n) is 2.68. The number of aryl methyl sites for hydroxylation is 3. The maximum absolute atomic E-state index is 12.4. The first kappa shape index (κ1) is 19.3. The van der Waals surface area contributed by atoms with Gasteiger partial charge in [0, 0.05) is 11.6 Å². The van der Waals surface area contributed by atoms with Crippen LogP contribution in [0.3, 0.4) is 0 Å². The van der Waals surface area contributed by atoms with E-state index in [1.165, 1.54) is 11.1 Å². The molecule has 3 nitrogen and oxygen atoms in total. The van der Waals surface area contributed by atoms with Crippen LogP contribution in [0.2, 0.25) is 5.02 Å². The second kappa shape index (κ2) is 9.47. The fourth-order valence-corrected chi connectivity index (χ4v) is 2.80. The lowest BCUT2D eigenvalue weighted by Crippen LogP contribution is -2.38. The highest BCUT2D eigenvalue weighted by atomic mass is 35.5. The summed E-state index contributed by atoms with van der Waals surface area (Å²) in [6, 6.07) is 13.8. The summed E-state index contributed by atoms with van der Waals surface area (Å²) in [5.74, 6) is 0.715. The molecule has 0 aliphatic heterocycles. The Hall–Kier alpha value is -2.00. The van der Waals surface area contributed by atoms with Gasteiger partial charge in [-0.05, 0) is 62.4 Å². The van der Waals surface area contributed by atoms with Crippen molar-refractivity contribution in [1.82, 2.24) is 5.32 Å². The topological polar surface area (TPSA) is 38.3 Å². The van der Waals surface area contributed by atoms with Gasteiger partial charge in [0.05, 0.1) is 0 Å². The molecule has 0 aromatic heterocycles. The molecule has 0 aliphatic rings. The number of hydrogen-bond acceptors (Lipinski definition) is 2. The van der Waals surface area contributed by atoms with Crippen LogP contribution in [0.5, 0.6) is 5.75 Å². The number of hydrogen-bond donors (Lipinski definition) is 1. The van der Waals surface area contributed by atoms with Gasteiger partial charge in [0.15, 0.2) is 6.10 Å². The molecule has 1 N–H and O–H groups in total. The van der Waals surface area contributed by atoms with Crippen LogP contribution in [0.25, 0.3) is 0 Å². The van der Waals surface area contributed by atoms with Crippen LogP contribution in [0.4, 0.5) is 0 Å². The summed E-state index contributed by atoms with van der Waals surface area (Å²) in [5.41, 5.74) is 3.45. The van der Waals surface area contributed by atoms with Crippen LogP contribution >= 0.6 is 11.6 Å². The Morgan fingerprint density at radius 3 is 2.52 bits per heavy atom. The molecule has 2 aromatic carbocycles. The van der Waals surface area contributed by atoms with Crippen molar-refractivity contribution < 1.29 is 9.53 Å². The van der Waals surface area contributed by atoms with Crippen molar-refractivity contribution in [2.45, 2.75) is 46.1 Å². The minimum absolute atomic E-state index is 0.0569. The van der Waals surface area contributed by atoms with Crippen LogP contribution in [0, 0.1) is 13.8 Å². The van der Waals surface area contributed by atoms with Gasteiger partial charge in [-0.15, -0.1) is 0 Å². The second-order valence-corrected chi connectivity index (χ2v) is 6.74. The van der Waals surface area contributed by atoms with Gasteiger partial charge in [-0.3, -0.25) is 4.79 Å². The highest BCUT2D eigenvalue weighted by molar-refractivity contribution is 6.30. The SMILES string of the molecule is CCC(Oc1ccc(C)cc1C)C(=O)NCCCc1ccc(Cl)cc1. The maximum Gasteiger partial charge on any atom is 0.261 e. The predicted octanol–water partition coefficient (Wildman–Crippen LogP) is 4.86. The number of rotatable bonds is 8. The number of amides is 1. The molecule has 1 unspecified atom stereocenters. The normalized spacial score (nSPS) is 11.8. The molecule has 0 saturated carbocycles. The number of ether oxygens (including phenoxy) is 1. The summed E-state index contributed by atoms with van der Waals surface area (Å²) >= 11 is 5.88. The lowest BCUT2D eigenvalue weighted by molar-refractivity contribution is -0.128. The molecule has 1 amide bonds. The molecular weight excluding hydrogens is 334 g/mol. The van der Waals surface area contributed by atoms with Crippen LogP contribution in [0.15, 0.2) is 42.5 Å². The fraction of sp³-hybridized carbons (Fsp3) is 0.381. The molecule has 0 saturated heterocycles. The molecule has 2 aromatic rings. The van der Waals surface area contributed by atoms with E-state index in [-0.39, 0.29) is 5.91 Å². The highest BCUT2D eigenvalue weighted by Crippen LogP contribution is 2.21. The molecule has 0 heterocycles. The van der Waals surface area contributed by atoms with Gasteiger partial charge in [0.2, 0.25) is 0 Å². The van der Waals surface area contributed by atoms with E-state index in [1.54, 1.807) is 0 Å². The van der Waals surface area contributed by atoms with E-state index in [1.807, 2.05) is 57.2 Å². The third-order valence-corrected chi connectivity index (χ3v) is 4.37. The van der Waals surface area contributed by atoms with Crippen molar-refractivity contribution in [3.8, 4) is 5.75 Å². The van der Waals surface area contributed by atoms with E-state index < -0.39 is 6.10 Å². The average Bonchev–Trinajstić information content (AvgIpc) is 2.59. The Balaban J connectivity index is 1.80. The summed E-state index contributed by atoms with van der Waals surface area (Å²) in [5, 5.41) is 3.72. The summed E-state index contributed by atoms with van der Waals surface area (Å²) in [6.07, 6.45) is 1.97. The summed E-state index contributed by atoms with van der Waals surface area (Å²) < 4.78 is 5.91. The van der Waals surface area contributed by atoms with Gasteiger partial charge in [-0.2, -0.15) is 0 Å². The molecule has 25 heavy (non-hydrogen) atoms. The van der Waals surface area contributed by atoms with Gasteiger partial charge in [0.25, 0.3) is 5.91 Å². The maximum atomic E-state index is 12.4. The number of nitrogens with one attached hydrogen (secondary N) is 1. The van der Waals surface area contributed by atoms with Crippen LogP contribution < -0.4 is 10.1 Å². The van der Waals surface area contributed by atoms with Gasteiger partial charge in [-0.1, -0.05) is 48.4 Å². The predicted molar refractivity (Wildman–Crippen MR) is 103 cm³/mol. The van der Waals surface area contributed by atoms with E-state index in [0.717, 1.165) is 29.2 Å². The first-order valence-corrected chi connectivity index (χ1v) is 9.13. The van der Waals surface area contributed by atoms with Crippen molar-refractivity contribution in [2.75, 3.05) is 6.54 Å². The van der Waals surface area contributed by atoms with Crippen molar-refractivity contribution in [3.63, 3.8) is 0 Å². The Bertz CT molecular complexity index is 698. The van der Waals surface area contributed by atoms with Gasteiger partial charge in [-0.25, -0.2) is 0 Å². The van der Waals surface area contributed by atoms with Crippen molar-refractivity contribution in [1.29, 1.82) is 0 Å². The molecule has 1 atom stereocenters. The summed E-state index contributed by atoms with van der Waals surface area (Å²) in [4.78, 5) is 12.4. The zero-order chi connectivity index (χ0) is 18.2. The van der Waals surface area contributed by atoms with E-state index in [0.29, 0.717) is 13.0 Å². The molecule has 0 aliphatic carbocycles. The second-order valence-electron chi connectivity index (χ2n) is 6.30. The first-order chi connectivity index (χ1) is 12.0. The van der Waals surface area contributed by atoms with E-state index in [4.69, 9.17) is 16.3 Å². The molecule has 4 heteroatoms. The van der Waals surface area contributed by atoms with Gasteiger partial charge in [0.1, 0.15) is 5.75 Å². The van der Waals surface area contributed by atoms with Gasteiger partial charge >= 0.3 is 0 Å². The third-order valence-electron chi connectivity index (χ3n) is 4.12. The molecule has 0 radical (unpaired) electrons. The molecular formula is C21H26ClNO2. The molecule has 0 fully saturated rings. The Labute approximate surface area is 155 Å². The van der Waals surface area contributed by atoms with E-state index in [9.17, 15) is 4.79 Å². The molecule has 0 spiro atoms. The largest absolute Gasteiger partial charge is 0.480 e. The monoisotopic (exact) mass is 359 g/mol. The third kappa shape index (κ3) is 6.09. The number of carbonyl (C=O) groups excluding carboxylic acids is 1. The van der Waals surface area contributed by atoms with Gasteiger partial charge < -0.3 is 10.1 Å². The number of halogens is 1. The minimum atomic E-state index is -0.461. The first-order valence-electron chi connectivity index (χ1n) is 8.75. The zero-order valence-electron chi connectivity index (χ0n) is 15.1. The number of carbonyl (C=O) groups is 1. The highest BCUT2D eigenvalue weighted by Gasteiger charge is 2.18. The van der Waals surface area contributed by atoms with Crippen molar-refractivity contribution in [3.05, 3.63) is 64.2 Å². The van der Waals surface area contributed by atoms with Crippen LogP contribution in [-0.4, -0.2) is 18.6 Å². The smallest absolute Gasteiger partial charge is 0.261 e. The van der Waals surface area contributed by atoms with E-state index >= 15 is 0 Å². The average molecular weight is 360 g/mol. The van der Waals surface area contributed by atoms with Crippen LogP contribution in [0.1, 0.15) is 36.5 Å². The standard InChI is InChI=1S/C21H26ClNO2/c1-4-19(25-20-12-7-15(2)14-16(20)3)21(24)23-13-5-6-17-8-10-18(22)11-9-17/h7-12,14,19H,4-6,13H2,1-3H3,(H,23,24). The quantitative estimate of drug-likeness (QED) is 0.683.